The second-order valence-electron chi connectivity index (χ2n) is 4.27. The quantitative estimate of drug-likeness (QED) is 0.861. The lowest BCUT2D eigenvalue weighted by molar-refractivity contribution is -0.128. The molecule has 1 aromatic carbocycles. The second kappa shape index (κ2) is 6.20. The molecule has 0 aromatic heterocycles. The number of carbonyl (C=O) groups excluding carboxylic acids is 1. The van der Waals surface area contributed by atoms with Gasteiger partial charge in [-0.05, 0) is 32.0 Å². The Morgan fingerprint density at radius 2 is 2.11 bits per heavy atom. The van der Waals surface area contributed by atoms with E-state index >= 15 is 0 Å². The minimum atomic E-state index is -1.40. The Kier molecular flexibility index (Phi) is 5.16. The van der Waals surface area contributed by atoms with Gasteiger partial charge in [0.05, 0.1) is 21.5 Å². The van der Waals surface area contributed by atoms with Crippen LogP contribution in [0.3, 0.4) is 0 Å². The van der Waals surface area contributed by atoms with Crippen LogP contribution >= 0.6 is 11.6 Å². The topological polar surface area (TPSA) is 63.4 Å². The summed E-state index contributed by atoms with van der Waals surface area (Å²) < 4.78 is 12.0. The molecule has 1 amide bonds. The van der Waals surface area contributed by atoms with E-state index < -0.39 is 10.8 Å². The third-order valence-corrected chi connectivity index (χ3v) is 4.27. The summed E-state index contributed by atoms with van der Waals surface area (Å²) in [5.41, 5.74) is 6.01. The molecule has 0 radical (unpaired) electrons. The molecular formula is C12H17ClN2O2S. The Morgan fingerprint density at radius 1 is 1.50 bits per heavy atom. The number of amides is 1. The first-order chi connectivity index (χ1) is 8.32. The molecule has 0 spiro atoms. The number of nitrogens with two attached hydrogens (primary N) is 1. The van der Waals surface area contributed by atoms with Crippen molar-refractivity contribution >= 4 is 34.0 Å². The van der Waals surface area contributed by atoms with E-state index in [0.29, 0.717) is 15.6 Å². The van der Waals surface area contributed by atoms with Crippen LogP contribution in [0.1, 0.15) is 13.8 Å². The molecule has 0 saturated heterocycles. The molecule has 0 heterocycles. The molecule has 0 fully saturated rings. The molecule has 0 saturated carbocycles. The van der Waals surface area contributed by atoms with E-state index in [9.17, 15) is 9.00 Å². The van der Waals surface area contributed by atoms with Gasteiger partial charge in [0.25, 0.3) is 0 Å². The fourth-order valence-corrected chi connectivity index (χ4v) is 2.54. The molecule has 18 heavy (non-hydrogen) atoms. The Morgan fingerprint density at radius 3 is 2.61 bits per heavy atom. The molecule has 0 aliphatic heterocycles. The number of carbonyl (C=O) groups is 1. The summed E-state index contributed by atoms with van der Waals surface area (Å²) in [6, 6.07) is 4.84. The number of nitrogen functional groups attached to an aromatic ring is 1. The van der Waals surface area contributed by atoms with Crippen LogP contribution in [0.4, 0.5) is 5.69 Å². The van der Waals surface area contributed by atoms with Gasteiger partial charge in [0.1, 0.15) is 5.75 Å². The molecule has 2 N–H and O–H groups in total. The van der Waals surface area contributed by atoms with Crippen molar-refractivity contribution in [3.63, 3.8) is 0 Å². The second-order valence-corrected chi connectivity index (χ2v) is 6.13. The first kappa shape index (κ1) is 15.0. The van der Waals surface area contributed by atoms with Crippen LogP contribution in [0.25, 0.3) is 0 Å². The van der Waals surface area contributed by atoms with E-state index in [2.05, 4.69) is 0 Å². The Hall–Kier alpha value is -1.07. The Labute approximate surface area is 115 Å². The Balaban J connectivity index is 2.77. The van der Waals surface area contributed by atoms with Crippen molar-refractivity contribution < 1.29 is 9.00 Å². The standard InChI is InChI=1S/C12H17ClN2O2S/c1-8(2)15(3)12(16)7-18(17)9-4-5-11(14)10(13)6-9/h4-6,8H,7,14H2,1-3H3. The van der Waals surface area contributed by atoms with Gasteiger partial charge in [0.15, 0.2) is 0 Å². The van der Waals surface area contributed by atoms with Crippen molar-refractivity contribution in [2.45, 2.75) is 24.8 Å². The summed E-state index contributed by atoms with van der Waals surface area (Å²) >= 11 is 5.85. The van der Waals surface area contributed by atoms with Crippen molar-refractivity contribution in [3.8, 4) is 0 Å². The van der Waals surface area contributed by atoms with Gasteiger partial charge in [0, 0.05) is 18.0 Å². The number of rotatable bonds is 4. The predicted octanol–water partition coefficient (Wildman–Crippen LogP) is 1.90. The van der Waals surface area contributed by atoms with Crippen molar-refractivity contribution in [1.82, 2.24) is 4.90 Å². The number of hydrogen-bond donors (Lipinski definition) is 1. The predicted molar refractivity (Wildman–Crippen MR) is 75.0 cm³/mol. The molecule has 0 bridgehead atoms. The van der Waals surface area contributed by atoms with Gasteiger partial charge in [-0.15, -0.1) is 0 Å². The zero-order valence-corrected chi connectivity index (χ0v) is 12.2. The summed E-state index contributed by atoms with van der Waals surface area (Å²) in [7, 11) is 0.294. The summed E-state index contributed by atoms with van der Waals surface area (Å²) in [6.07, 6.45) is 0. The molecule has 100 valence electrons. The van der Waals surface area contributed by atoms with Crippen molar-refractivity contribution in [2.75, 3.05) is 18.5 Å². The maximum absolute atomic E-state index is 12.0. The van der Waals surface area contributed by atoms with Crippen molar-refractivity contribution in [1.29, 1.82) is 0 Å². The SMILES string of the molecule is CC(C)N(C)C(=O)CS(=O)c1ccc(N)c(Cl)c1. The monoisotopic (exact) mass is 288 g/mol. The largest absolute Gasteiger partial charge is 0.398 e. The van der Waals surface area contributed by atoms with E-state index in [1.54, 1.807) is 24.1 Å². The van der Waals surface area contributed by atoms with Crippen LogP contribution in [0.2, 0.25) is 5.02 Å². The highest BCUT2D eigenvalue weighted by Crippen LogP contribution is 2.21. The lowest BCUT2D eigenvalue weighted by Crippen LogP contribution is -2.36. The maximum atomic E-state index is 12.0. The highest BCUT2D eigenvalue weighted by atomic mass is 35.5. The van der Waals surface area contributed by atoms with E-state index in [-0.39, 0.29) is 17.7 Å². The number of benzene rings is 1. The summed E-state index contributed by atoms with van der Waals surface area (Å²) in [5.74, 6) is -0.203. The zero-order valence-electron chi connectivity index (χ0n) is 10.6. The van der Waals surface area contributed by atoms with Crippen LogP contribution in [0.5, 0.6) is 0 Å². The minimum absolute atomic E-state index is 0.0467. The van der Waals surface area contributed by atoms with Gasteiger partial charge in [-0.1, -0.05) is 11.6 Å². The number of nitrogens with zero attached hydrogens (tertiary/aromatic N) is 1. The lowest BCUT2D eigenvalue weighted by Gasteiger charge is -2.21. The fourth-order valence-electron chi connectivity index (χ4n) is 1.23. The maximum Gasteiger partial charge on any atom is 0.235 e. The molecule has 1 unspecified atom stereocenters. The normalized spacial score (nSPS) is 12.5. The third kappa shape index (κ3) is 3.71. The highest BCUT2D eigenvalue weighted by Gasteiger charge is 2.16. The van der Waals surface area contributed by atoms with Crippen molar-refractivity contribution in [2.24, 2.45) is 0 Å². The first-order valence-electron chi connectivity index (χ1n) is 5.52. The van der Waals surface area contributed by atoms with Crippen LogP contribution in [0, 0.1) is 0 Å². The summed E-state index contributed by atoms with van der Waals surface area (Å²) in [6.45, 7) is 3.81. The van der Waals surface area contributed by atoms with Gasteiger partial charge in [-0.25, -0.2) is 0 Å². The smallest absolute Gasteiger partial charge is 0.235 e. The van der Waals surface area contributed by atoms with E-state index in [4.69, 9.17) is 17.3 Å². The fraction of sp³-hybridized carbons (Fsp3) is 0.417. The van der Waals surface area contributed by atoms with Crippen molar-refractivity contribution in [3.05, 3.63) is 23.2 Å². The summed E-state index contributed by atoms with van der Waals surface area (Å²) in [5, 5.41) is 0.352. The zero-order chi connectivity index (χ0) is 13.9. The summed E-state index contributed by atoms with van der Waals surface area (Å²) in [4.78, 5) is 13.9. The molecule has 1 atom stereocenters. The van der Waals surface area contributed by atoms with Gasteiger partial charge >= 0.3 is 0 Å². The van der Waals surface area contributed by atoms with Gasteiger partial charge in [0.2, 0.25) is 5.91 Å². The average Bonchev–Trinajstić information content (AvgIpc) is 2.31. The molecule has 0 aliphatic carbocycles. The van der Waals surface area contributed by atoms with E-state index in [0.717, 1.165) is 0 Å². The van der Waals surface area contributed by atoms with Gasteiger partial charge in [-0.2, -0.15) is 0 Å². The minimum Gasteiger partial charge on any atom is -0.398 e. The molecule has 1 aromatic rings. The lowest BCUT2D eigenvalue weighted by atomic mass is 10.3. The molecule has 1 rings (SSSR count). The molecule has 4 nitrogen and oxygen atoms in total. The van der Waals surface area contributed by atoms with Gasteiger partial charge in [-0.3, -0.25) is 9.00 Å². The molecule has 0 aliphatic rings. The third-order valence-electron chi connectivity index (χ3n) is 2.66. The van der Waals surface area contributed by atoms with Crippen LogP contribution < -0.4 is 5.73 Å². The van der Waals surface area contributed by atoms with Gasteiger partial charge < -0.3 is 10.6 Å². The van der Waals surface area contributed by atoms with E-state index in [1.807, 2.05) is 13.8 Å². The van der Waals surface area contributed by atoms with Crippen LogP contribution in [-0.4, -0.2) is 33.9 Å². The number of anilines is 1. The number of hydrogen-bond acceptors (Lipinski definition) is 3. The molecular weight excluding hydrogens is 272 g/mol. The van der Waals surface area contributed by atoms with Crippen LogP contribution in [-0.2, 0) is 15.6 Å². The first-order valence-corrected chi connectivity index (χ1v) is 7.21. The number of halogens is 1. The Bertz CT molecular complexity index is 477. The van der Waals surface area contributed by atoms with Crippen LogP contribution in [0.15, 0.2) is 23.1 Å². The highest BCUT2D eigenvalue weighted by molar-refractivity contribution is 7.85. The molecule has 6 heteroatoms. The average molecular weight is 289 g/mol. The van der Waals surface area contributed by atoms with E-state index in [1.165, 1.54) is 6.07 Å².